The molecular formula is C15H26N2. The lowest BCUT2D eigenvalue weighted by molar-refractivity contribution is 0.504. The molecule has 0 radical (unpaired) electrons. The van der Waals surface area contributed by atoms with E-state index in [0.29, 0.717) is 6.04 Å². The fourth-order valence-electron chi connectivity index (χ4n) is 2.15. The molecule has 0 bridgehead atoms. The summed E-state index contributed by atoms with van der Waals surface area (Å²) >= 11 is 0. The van der Waals surface area contributed by atoms with Gasteiger partial charge in [0.25, 0.3) is 0 Å². The Morgan fingerprint density at radius 3 is 2.18 bits per heavy atom. The molecule has 1 rings (SSSR count). The first kappa shape index (κ1) is 14.0. The maximum absolute atomic E-state index is 3.17. The van der Waals surface area contributed by atoms with Crippen molar-refractivity contribution >= 4 is 5.69 Å². The minimum Gasteiger partial charge on any atom is -0.372 e. The molecule has 2 nitrogen and oxygen atoms in total. The van der Waals surface area contributed by atoms with Gasteiger partial charge in [-0.05, 0) is 44.0 Å². The lowest BCUT2D eigenvalue weighted by atomic mass is 10.0. The molecule has 0 amide bonds. The highest BCUT2D eigenvalue weighted by Gasteiger charge is 2.11. The first-order chi connectivity index (χ1) is 8.04. The van der Waals surface area contributed by atoms with Crippen LogP contribution in [0.4, 0.5) is 5.69 Å². The Morgan fingerprint density at radius 2 is 1.71 bits per heavy atom. The Kier molecular flexibility index (Phi) is 5.49. The van der Waals surface area contributed by atoms with Crippen LogP contribution in [0.2, 0.25) is 0 Å². The van der Waals surface area contributed by atoms with E-state index in [1.54, 1.807) is 0 Å². The van der Waals surface area contributed by atoms with Crippen molar-refractivity contribution in [3.8, 4) is 0 Å². The third-order valence-electron chi connectivity index (χ3n) is 3.20. The largest absolute Gasteiger partial charge is 0.372 e. The molecule has 1 aromatic carbocycles. The Morgan fingerprint density at radius 1 is 1.12 bits per heavy atom. The van der Waals surface area contributed by atoms with Gasteiger partial charge in [0.15, 0.2) is 0 Å². The molecule has 0 aromatic heterocycles. The second-order valence-corrected chi connectivity index (χ2v) is 5.29. The van der Waals surface area contributed by atoms with Crippen LogP contribution >= 0.6 is 0 Å². The number of anilines is 1. The molecule has 1 unspecified atom stereocenters. The van der Waals surface area contributed by atoms with E-state index in [-0.39, 0.29) is 0 Å². The molecule has 0 saturated carbocycles. The predicted octanol–water partition coefficient (Wildman–Crippen LogP) is 3.28. The molecule has 1 N–H and O–H groups in total. The first-order valence-electron chi connectivity index (χ1n) is 6.51. The van der Waals surface area contributed by atoms with Gasteiger partial charge in [-0.3, -0.25) is 0 Å². The van der Waals surface area contributed by atoms with Crippen molar-refractivity contribution < 1.29 is 0 Å². The number of benzene rings is 1. The number of hydrogen-bond acceptors (Lipinski definition) is 2. The molecular weight excluding hydrogens is 208 g/mol. The third-order valence-corrected chi connectivity index (χ3v) is 3.20. The van der Waals surface area contributed by atoms with Crippen LogP contribution in [0.3, 0.4) is 0 Å². The van der Waals surface area contributed by atoms with E-state index < -0.39 is 0 Å². The van der Waals surface area contributed by atoms with Gasteiger partial charge in [0.1, 0.15) is 0 Å². The zero-order valence-corrected chi connectivity index (χ0v) is 11.8. The molecule has 0 spiro atoms. The van der Waals surface area contributed by atoms with E-state index in [4.69, 9.17) is 0 Å². The lowest BCUT2D eigenvalue weighted by Crippen LogP contribution is -2.29. The molecule has 17 heavy (non-hydrogen) atoms. The topological polar surface area (TPSA) is 15.3 Å². The van der Waals surface area contributed by atoms with E-state index in [1.165, 1.54) is 17.7 Å². The van der Waals surface area contributed by atoms with Crippen molar-refractivity contribution in [2.24, 2.45) is 5.92 Å². The van der Waals surface area contributed by atoms with E-state index in [9.17, 15) is 0 Å². The summed E-state index contributed by atoms with van der Waals surface area (Å²) < 4.78 is 0. The second-order valence-electron chi connectivity index (χ2n) is 5.29. The minimum atomic E-state index is 0.588. The van der Waals surface area contributed by atoms with Crippen LogP contribution in [0.1, 0.15) is 32.8 Å². The van der Waals surface area contributed by atoms with Crippen LogP contribution in [-0.2, 0) is 6.54 Å². The molecule has 2 heteroatoms. The minimum absolute atomic E-state index is 0.588. The fourth-order valence-corrected chi connectivity index (χ4v) is 2.15. The molecule has 0 saturated heterocycles. The molecule has 0 aliphatic carbocycles. The molecule has 0 heterocycles. The smallest absolute Gasteiger partial charge is 0.0366 e. The summed E-state index contributed by atoms with van der Waals surface area (Å²) in [5.41, 5.74) is 2.64. The summed E-state index contributed by atoms with van der Waals surface area (Å²) in [6.07, 6.45) is 1.23. The molecule has 1 atom stereocenters. The predicted molar refractivity (Wildman–Crippen MR) is 76.5 cm³/mol. The summed E-state index contributed by atoms with van der Waals surface area (Å²) in [4.78, 5) is 2.36. The van der Waals surface area contributed by atoms with Crippen LogP contribution in [0.25, 0.3) is 0 Å². The standard InChI is InChI=1S/C15H26N2/c1-12(2)10-13(3)17(5)15-8-6-14(7-9-15)11-16-4/h6-9,12-13,16H,10-11H2,1-5H3. The average molecular weight is 234 g/mol. The zero-order valence-electron chi connectivity index (χ0n) is 11.8. The van der Waals surface area contributed by atoms with E-state index >= 15 is 0 Å². The summed E-state index contributed by atoms with van der Waals surface area (Å²) in [6, 6.07) is 9.41. The molecule has 0 aliphatic rings. The molecule has 96 valence electrons. The van der Waals surface area contributed by atoms with Gasteiger partial charge in [0.2, 0.25) is 0 Å². The highest BCUT2D eigenvalue weighted by molar-refractivity contribution is 5.47. The van der Waals surface area contributed by atoms with Gasteiger partial charge in [-0.15, -0.1) is 0 Å². The van der Waals surface area contributed by atoms with E-state index in [0.717, 1.165) is 12.5 Å². The maximum atomic E-state index is 3.17. The Hall–Kier alpha value is -1.02. The zero-order chi connectivity index (χ0) is 12.8. The van der Waals surface area contributed by atoms with Crippen molar-refractivity contribution in [3.63, 3.8) is 0 Å². The molecule has 1 aromatic rings. The van der Waals surface area contributed by atoms with Crippen LogP contribution in [0.5, 0.6) is 0 Å². The van der Waals surface area contributed by atoms with E-state index in [2.05, 4.69) is 62.3 Å². The SMILES string of the molecule is CNCc1ccc(N(C)C(C)CC(C)C)cc1. The number of nitrogens with one attached hydrogen (secondary N) is 1. The van der Waals surface area contributed by atoms with Crippen molar-refractivity contribution in [3.05, 3.63) is 29.8 Å². The quantitative estimate of drug-likeness (QED) is 0.812. The van der Waals surface area contributed by atoms with Gasteiger partial charge >= 0.3 is 0 Å². The van der Waals surface area contributed by atoms with Gasteiger partial charge in [0, 0.05) is 25.3 Å². The monoisotopic (exact) mass is 234 g/mol. The van der Waals surface area contributed by atoms with Gasteiger partial charge in [-0.25, -0.2) is 0 Å². The average Bonchev–Trinajstić information content (AvgIpc) is 2.28. The number of hydrogen-bond donors (Lipinski definition) is 1. The lowest BCUT2D eigenvalue weighted by Gasteiger charge is -2.28. The summed E-state index contributed by atoms with van der Waals surface area (Å²) in [5, 5.41) is 3.17. The Balaban J connectivity index is 2.65. The summed E-state index contributed by atoms with van der Waals surface area (Å²) in [5.74, 6) is 0.746. The van der Waals surface area contributed by atoms with Crippen LogP contribution in [0, 0.1) is 5.92 Å². The second kappa shape index (κ2) is 6.65. The normalized spacial score (nSPS) is 12.8. The van der Waals surface area contributed by atoms with Crippen molar-refractivity contribution in [1.82, 2.24) is 5.32 Å². The molecule has 0 aliphatic heterocycles. The highest BCUT2D eigenvalue weighted by Crippen LogP contribution is 2.19. The van der Waals surface area contributed by atoms with Gasteiger partial charge in [-0.1, -0.05) is 26.0 Å². The van der Waals surface area contributed by atoms with Crippen LogP contribution < -0.4 is 10.2 Å². The Bertz CT molecular complexity index is 316. The highest BCUT2D eigenvalue weighted by atomic mass is 15.1. The van der Waals surface area contributed by atoms with Gasteiger partial charge in [-0.2, -0.15) is 0 Å². The third kappa shape index (κ3) is 4.39. The number of nitrogens with zero attached hydrogens (tertiary/aromatic N) is 1. The van der Waals surface area contributed by atoms with Crippen molar-refractivity contribution in [2.45, 2.75) is 39.8 Å². The van der Waals surface area contributed by atoms with Crippen LogP contribution in [0.15, 0.2) is 24.3 Å². The summed E-state index contributed by atoms with van der Waals surface area (Å²) in [7, 11) is 4.16. The first-order valence-corrected chi connectivity index (χ1v) is 6.51. The summed E-state index contributed by atoms with van der Waals surface area (Å²) in [6.45, 7) is 7.79. The Labute approximate surface area is 106 Å². The fraction of sp³-hybridized carbons (Fsp3) is 0.600. The van der Waals surface area contributed by atoms with Gasteiger partial charge in [0.05, 0.1) is 0 Å². The molecule has 0 fully saturated rings. The van der Waals surface area contributed by atoms with Crippen LogP contribution in [-0.4, -0.2) is 20.1 Å². The van der Waals surface area contributed by atoms with Gasteiger partial charge < -0.3 is 10.2 Å². The maximum Gasteiger partial charge on any atom is 0.0366 e. The number of rotatable bonds is 6. The van der Waals surface area contributed by atoms with Crippen molar-refractivity contribution in [2.75, 3.05) is 19.0 Å². The van der Waals surface area contributed by atoms with E-state index in [1.807, 2.05) is 7.05 Å². The van der Waals surface area contributed by atoms with Crippen molar-refractivity contribution in [1.29, 1.82) is 0 Å².